The number of H-pyrrole nitrogens is 1. The van der Waals surface area contributed by atoms with Crippen molar-refractivity contribution in [2.45, 2.75) is 12.8 Å². The fourth-order valence-corrected chi connectivity index (χ4v) is 3.00. The van der Waals surface area contributed by atoms with E-state index in [1.807, 2.05) is 24.3 Å². The third-order valence-corrected chi connectivity index (χ3v) is 4.10. The van der Waals surface area contributed by atoms with E-state index >= 15 is 0 Å². The second-order valence-corrected chi connectivity index (χ2v) is 5.35. The maximum Gasteiger partial charge on any atom is 0.356 e. The van der Waals surface area contributed by atoms with Crippen molar-refractivity contribution in [1.82, 2.24) is 20.0 Å². The van der Waals surface area contributed by atoms with Gasteiger partial charge in [-0.1, -0.05) is 0 Å². The van der Waals surface area contributed by atoms with Gasteiger partial charge in [-0.2, -0.15) is 10.2 Å². The number of carbonyl (C=O) groups is 1. The Morgan fingerprint density at radius 1 is 1.30 bits per heavy atom. The molecule has 1 aliphatic carbocycles. The molecular formula is C16H14N4O3. The lowest BCUT2D eigenvalue weighted by Crippen LogP contribution is -2.07. The number of carboxylic acids is 1. The third-order valence-electron chi connectivity index (χ3n) is 4.10. The summed E-state index contributed by atoms with van der Waals surface area (Å²) in [5.41, 5.74) is 4.34. The van der Waals surface area contributed by atoms with Crippen LogP contribution in [0.2, 0.25) is 0 Å². The summed E-state index contributed by atoms with van der Waals surface area (Å²) in [7, 11) is 1.60. The molecule has 0 radical (unpaired) electrons. The zero-order valence-electron chi connectivity index (χ0n) is 12.4. The predicted molar refractivity (Wildman–Crippen MR) is 82.1 cm³/mol. The number of fused-ring (bicyclic) bond motifs is 3. The van der Waals surface area contributed by atoms with Crippen molar-refractivity contribution in [1.29, 1.82) is 0 Å². The second kappa shape index (κ2) is 4.98. The largest absolute Gasteiger partial charge is 0.497 e. The van der Waals surface area contributed by atoms with Crippen molar-refractivity contribution >= 4 is 5.97 Å². The summed E-state index contributed by atoms with van der Waals surface area (Å²) >= 11 is 0. The van der Waals surface area contributed by atoms with E-state index in [1.54, 1.807) is 18.0 Å². The number of benzene rings is 1. The molecule has 0 fully saturated rings. The highest BCUT2D eigenvalue weighted by atomic mass is 16.5. The summed E-state index contributed by atoms with van der Waals surface area (Å²) in [6.45, 7) is 0. The van der Waals surface area contributed by atoms with E-state index in [1.165, 1.54) is 0 Å². The number of aryl methyl sites for hydroxylation is 1. The number of aromatic carboxylic acids is 1. The molecule has 7 nitrogen and oxygen atoms in total. The molecule has 0 unspecified atom stereocenters. The number of rotatable bonds is 3. The summed E-state index contributed by atoms with van der Waals surface area (Å²) in [6, 6.07) is 7.35. The van der Waals surface area contributed by atoms with Gasteiger partial charge in [0.25, 0.3) is 0 Å². The Morgan fingerprint density at radius 3 is 2.78 bits per heavy atom. The lowest BCUT2D eigenvalue weighted by molar-refractivity contribution is 0.0688. The summed E-state index contributed by atoms with van der Waals surface area (Å²) in [5.74, 6) is -0.280. The van der Waals surface area contributed by atoms with Gasteiger partial charge in [-0.05, 0) is 37.1 Å². The van der Waals surface area contributed by atoms with E-state index in [0.29, 0.717) is 6.42 Å². The number of aromatic amines is 1. The molecule has 0 saturated heterocycles. The summed E-state index contributed by atoms with van der Waals surface area (Å²) < 4.78 is 6.84. The van der Waals surface area contributed by atoms with E-state index in [9.17, 15) is 9.90 Å². The molecule has 0 bridgehead atoms. The number of hydrogen-bond acceptors (Lipinski definition) is 4. The average molecular weight is 310 g/mol. The average Bonchev–Trinajstić information content (AvgIpc) is 3.18. The van der Waals surface area contributed by atoms with Gasteiger partial charge in [0.2, 0.25) is 0 Å². The first-order valence-corrected chi connectivity index (χ1v) is 7.21. The molecule has 0 aliphatic heterocycles. The fraction of sp³-hybridized carbons (Fsp3) is 0.188. The number of methoxy groups -OCH3 is 1. The molecule has 2 aromatic heterocycles. The minimum atomic E-state index is -1.01. The lowest BCUT2D eigenvalue weighted by atomic mass is 9.94. The molecule has 2 N–H and O–H groups in total. The molecule has 2 heterocycles. The van der Waals surface area contributed by atoms with Crippen LogP contribution >= 0.6 is 0 Å². The first kappa shape index (κ1) is 13.6. The highest BCUT2D eigenvalue weighted by Crippen LogP contribution is 2.36. The maximum absolute atomic E-state index is 11.5. The number of aromatic nitrogens is 4. The Bertz CT molecular complexity index is 893. The van der Waals surface area contributed by atoms with Crippen LogP contribution in [0.4, 0.5) is 0 Å². The van der Waals surface area contributed by atoms with Crippen molar-refractivity contribution < 1.29 is 14.6 Å². The second-order valence-electron chi connectivity index (χ2n) is 5.35. The van der Waals surface area contributed by atoms with Gasteiger partial charge >= 0.3 is 5.97 Å². The lowest BCUT2D eigenvalue weighted by Gasteiger charge is -2.14. The van der Waals surface area contributed by atoms with Crippen molar-refractivity contribution in [2.24, 2.45) is 0 Å². The van der Waals surface area contributed by atoms with E-state index in [2.05, 4.69) is 15.3 Å². The minimum absolute atomic E-state index is 0.0997. The fourth-order valence-electron chi connectivity index (χ4n) is 3.00. The van der Waals surface area contributed by atoms with Gasteiger partial charge in [0.1, 0.15) is 5.75 Å². The Hall–Kier alpha value is -3.09. The molecule has 1 aliphatic rings. The molecular weight excluding hydrogens is 296 g/mol. The topological polar surface area (TPSA) is 93.0 Å². The van der Waals surface area contributed by atoms with Gasteiger partial charge in [-0.15, -0.1) is 0 Å². The van der Waals surface area contributed by atoms with E-state index in [0.717, 1.165) is 40.4 Å². The Balaban J connectivity index is 1.95. The smallest absolute Gasteiger partial charge is 0.356 e. The number of ether oxygens (including phenoxy) is 1. The molecule has 0 spiro atoms. The van der Waals surface area contributed by atoms with Crippen LogP contribution in [0, 0.1) is 0 Å². The van der Waals surface area contributed by atoms with E-state index in [4.69, 9.17) is 4.74 Å². The summed E-state index contributed by atoms with van der Waals surface area (Å²) in [6.07, 6.45) is 3.08. The molecule has 4 rings (SSSR count). The van der Waals surface area contributed by atoms with Gasteiger partial charge in [-0.25, -0.2) is 9.48 Å². The molecule has 7 heteroatoms. The predicted octanol–water partition coefficient (Wildman–Crippen LogP) is 2.07. The molecule has 0 amide bonds. The first-order valence-electron chi connectivity index (χ1n) is 7.21. The summed E-state index contributed by atoms with van der Waals surface area (Å²) in [4.78, 5) is 11.5. The van der Waals surface area contributed by atoms with Gasteiger partial charge in [-0.3, -0.25) is 5.10 Å². The van der Waals surface area contributed by atoms with E-state index < -0.39 is 5.97 Å². The van der Waals surface area contributed by atoms with Gasteiger partial charge in [0, 0.05) is 16.8 Å². The van der Waals surface area contributed by atoms with Crippen LogP contribution in [0.3, 0.4) is 0 Å². The van der Waals surface area contributed by atoms with Crippen LogP contribution in [0.25, 0.3) is 16.9 Å². The van der Waals surface area contributed by atoms with Crippen molar-refractivity contribution in [3.63, 3.8) is 0 Å². The first-order chi connectivity index (χ1) is 11.2. The van der Waals surface area contributed by atoms with Crippen LogP contribution in [-0.4, -0.2) is 38.2 Å². The molecule has 0 saturated carbocycles. The Morgan fingerprint density at radius 2 is 2.09 bits per heavy atom. The maximum atomic E-state index is 11.5. The van der Waals surface area contributed by atoms with Gasteiger partial charge < -0.3 is 9.84 Å². The molecule has 0 atom stereocenters. The minimum Gasteiger partial charge on any atom is -0.497 e. The highest BCUT2D eigenvalue weighted by Gasteiger charge is 2.29. The van der Waals surface area contributed by atoms with Gasteiger partial charge in [0.15, 0.2) is 5.69 Å². The molecule has 116 valence electrons. The molecule has 1 aromatic carbocycles. The normalized spacial score (nSPS) is 12.6. The third kappa shape index (κ3) is 2.01. The zero-order chi connectivity index (χ0) is 16.0. The molecule has 23 heavy (non-hydrogen) atoms. The number of nitrogens with zero attached hydrogens (tertiary/aromatic N) is 3. The monoisotopic (exact) mass is 310 g/mol. The van der Waals surface area contributed by atoms with Crippen molar-refractivity contribution in [3.8, 4) is 22.7 Å². The SMILES string of the molecule is COc1ccc(-n2nc(C(=O)O)c3c2-c2cn[nH]c2CC3)cc1. The molecule has 3 aromatic rings. The number of hydrogen-bond donors (Lipinski definition) is 2. The van der Waals surface area contributed by atoms with Crippen LogP contribution < -0.4 is 4.74 Å². The Labute approximate surface area is 131 Å². The van der Waals surface area contributed by atoms with Crippen molar-refractivity contribution in [3.05, 3.63) is 47.4 Å². The van der Waals surface area contributed by atoms with Crippen LogP contribution in [-0.2, 0) is 12.8 Å². The summed E-state index contributed by atoms with van der Waals surface area (Å²) in [5, 5.41) is 20.9. The van der Waals surface area contributed by atoms with Crippen LogP contribution in [0.15, 0.2) is 30.5 Å². The Kier molecular flexibility index (Phi) is 2.94. The highest BCUT2D eigenvalue weighted by molar-refractivity contribution is 5.90. The van der Waals surface area contributed by atoms with Gasteiger partial charge in [0.05, 0.1) is 24.7 Å². The standard InChI is InChI=1S/C16H14N4O3/c1-23-10-4-2-9(3-5-10)20-15-11(14(19-20)16(21)22)6-7-13-12(15)8-17-18-13/h2-5,8H,6-7H2,1H3,(H,17,18)(H,21,22). The zero-order valence-corrected chi connectivity index (χ0v) is 12.4. The van der Waals surface area contributed by atoms with E-state index in [-0.39, 0.29) is 5.69 Å². The van der Waals surface area contributed by atoms with Crippen LogP contribution in [0.1, 0.15) is 21.7 Å². The van der Waals surface area contributed by atoms with Crippen LogP contribution in [0.5, 0.6) is 5.75 Å². The van der Waals surface area contributed by atoms with Crippen molar-refractivity contribution in [2.75, 3.05) is 7.11 Å². The number of carboxylic acid groups (broad SMARTS) is 1. The number of nitrogens with one attached hydrogen (secondary N) is 1. The quantitative estimate of drug-likeness (QED) is 0.772.